The third kappa shape index (κ3) is 6.83. The first-order valence-electron chi connectivity index (χ1n) is 14.8. The molecule has 9 heteroatoms. The fourth-order valence-electron chi connectivity index (χ4n) is 5.45. The molecule has 0 saturated carbocycles. The van der Waals surface area contributed by atoms with Gasteiger partial charge in [0.15, 0.2) is 29.0 Å². The number of H-pyrrole nitrogens is 1. The molecule has 0 atom stereocenters. The first kappa shape index (κ1) is 32.8. The minimum absolute atomic E-state index is 0.0159. The number of Topliss-reactive ketones (excluding diaryl/α,β-unsaturated/α-hetero) is 4. The number of thiazole rings is 1. The Kier molecular flexibility index (Phi) is 10.2. The van der Waals surface area contributed by atoms with Crippen molar-refractivity contribution in [3.05, 3.63) is 90.5 Å². The van der Waals surface area contributed by atoms with Crippen LogP contribution < -0.4 is 0 Å². The Morgan fingerprint density at radius 3 is 1.70 bits per heavy atom. The van der Waals surface area contributed by atoms with Crippen LogP contribution in [0.25, 0.3) is 11.0 Å². The Hall–Kier alpha value is -4.11. The summed E-state index contributed by atoms with van der Waals surface area (Å²) in [5.41, 5.74) is 5.69. The van der Waals surface area contributed by atoms with Crippen molar-refractivity contribution in [3.63, 3.8) is 0 Å². The number of aryl methyl sites for hydroxylation is 3. The molecule has 2 aromatic heterocycles. The van der Waals surface area contributed by atoms with Gasteiger partial charge in [0.1, 0.15) is 11.3 Å². The highest BCUT2D eigenvalue weighted by Crippen LogP contribution is 2.29. The maximum Gasteiger partial charge on any atom is 0.185 e. The van der Waals surface area contributed by atoms with Crippen molar-refractivity contribution in [1.29, 1.82) is 0 Å². The van der Waals surface area contributed by atoms with Crippen LogP contribution >= 0.6 is 11.3 Å². The van der Waals surface area contributed by atoms with Gasteiger partial charge in [-0.3, -0.25) is 19.2 Å². The molecule has 7 nitrogen and oxygen atoms in total. The lowest BCUT2D eigenvalue weighted by Crippen LogP contribution is -2.20. The van der Waals surface area contributed by atoms with Crippen LogP contribution in [0.15, 0.2) is 69.0 Å². The maximum atomic E-state index is 13.7. The summed E-state index contributed by atoms with van der Waals surface area (Å²) in [5.74, 6) is 0.300. The molecular weight excluding hydrogens is 577 g/mol. The summed E-state index contributed by atoms with van der Waals surface area (Å²) >= 11 is 1.69. The van der Waals surface area contributed by atoms with Crippen LogP contribution in [0.3, 0.4) is 0 Å². The Morgan fingerprint density at radius 2 is 1.20 bits per heavy atom. The lowest BCUT2D eigenvalue weighted by molar-refractivity contribution is -0.116. The molecule has 0 saturated heterocycles. The lowest BCUT2D eigenvalue weighted by Gasteiger charge is -2.18. The van der Waals surface area contributed by atoms with Crippen LogP contribution in [-0.4, -0.2) is 38.1 Å². The number of fused-ring (bicyclic) bond motifs is 1. The molecule has 0 amide bonds. The summed E-state index contributed by atoms with van der Waals surface area (Å²) < 4.78 is 13.7. The van der Waals surface area contributed by atoms with Gasteiger partial charge in [-0.1, -0.05) is 6.07 Å². The molecule has 0 unspecified atom stereocenters. The van der Waals surface area contributed by atoms with Crippen LogP contribution in [0.4, 0.5) is 4.39 Å². The number of aromatic amines is 1. The number of hydrogen-bond donors (Lipinski definition) is 1. The number of carbonyl (C=O) groups excluding carboxylic acids is 4. The average molecular weight is 616 g/mol. The van der Waals surface area contributed by atoms with Gasteiger partial charge in [0, 0.05) is 62.1 Å². The molecule has 0 fully saturated rings. The van der Waals surface area contributed by atoms with Crippen molar-refractivity contribution in [2.24, 2.45) is 0 Å². The van der Waals surface area contributed by atoms with Crippen molar-refractivity contribution in [1.82, 2.24) is 15.0 Å². The standard InChI is InChI=1S/C19H19FN2O2.C16H19NO2S/c1-10-11(2)19(24)13(12(3)18(10)23)6-4-9-16-21-15-8-5-7-14(20)17(15)22-16;1-9-8-17-14(20-9)7-5-6-13-12(4)15(18)10(2)11(3)16(13)19/h5,7-8H,4,6,9H2,1-3H3,(H,21,22);8H,5-7H2,1-4H3. The predicted molar refractivity (Wildman–Crippen MR) is 171 cm³/mol. The number of ketones is 4. The van der Waals surface area contributed by atoms with Crippen LogP contribution in [0.1, 0.15) is 82.9 Å². The number of carbonyl (C=O) groups is 4. The van der Waals surface area contributed by atoms with E-state index in [-0.39, 0.29) is 29.0 Å². The van der Waals surface area contributed by atoms with E-state index in [1.54, 1.807) is 65.0 Å². The summed E-state index contributed by atoms with van der Waals surface area (Å²) in [6.45, 7) is 12.4. The molecule has 0 aliphatic heterocycles. The van der Waals surface area contributed by atoms with Crippen molar-refractivity contribution < 1.29 is 23.6 Å². The van der Waals surface area contributed by atoms with E-state index in [1.165, 1.54) is 10.9 Å². The van der Waals surface area contributed by atoms with E-state index in [0.717, 1.165) is 17.8 Å². The Morgan fingerprint density at radius 1 is 0.682 bits per heavy atom. The molecule has 44 heavy (non-hydrogen) atoms. The molecule has 3 aromatic rings. The molecule has 2 heterocycles. The SMILES string of the molecule is CC1=C(C)C(=O)C(CCCc2nc3c(F)cccc3[nH]2)=C(C)C1=O.CC1=C(C)C(=O)C(CCCc2ncc(C)s2)=C(C)C1=O. The number of rotatable bonds is 8. The number of hydrogen-bond acceptors (Lipinski definition) is 7. The summed E-state index contributed by atoms with van der Waals surface area (Å²) in [6, 6.07) is 4.80. The summed E-state index contributed by atoms with van der Waals surface area (Å²) in [6.07, 6.45) is 6.01. The summed E-state index contributed by atoms with van der Waals surface area (Å²) in [5, 5.41) is 1.10. The fourth-order valence-corrected chi connectivity index (χ4v) is 6.27. The van der Waals surface area contributed by atoms with Crippen molar-refractivity contribution in [3.8, 4) is 0 Å². The molecule has 0 spiro atoms. The highest BCUT2D eigenvalue weighted by Gasteiger charge is 2.28. The van der Waals surface area contributed by atoms with Crippen molar-refractivity contribution >= 4 is 45.5 Å². The topological polar surface area (TPSA) is 110 Å². The predicted octanol–water partition coefficient (Wildman–Crippen LogP) is 7.41. The van der Waals surface area contributed by atoms with E-state index < -0.39 is 0 Å². The minimum atomic E-state index is -0.349. The van der Waals surface area contributed by atoms with Crippen molar-refractivity contribution in [2.75, 3.05) is 0 Å². The Balaban J connectivity index is 0.000000204. The van der Waals surface area contributed by atoms with Gasteiger partial charge in [0.05, 0.1) is 10.5 Å². The minimum Gasteiger partial charge on any atom is -0.342 e. The number of allylic oxidation sites excluding steroid dienone is 8. The molecule has 0 radical (unpaired) electrons. The van der Waals surface area contributed by atoms with Gasteiger partial charge in [-0.15, -0.1) is 11.3 Å². The van der Waals surface area contributed by atoms with Gasteiger partial charge in [-0.05, 0) is 92.7 Å². The van der Waals surface area contributed by atoms with Gasteiger partial charge in [0.2, 0.25) is 0 Å². The van der Waals surface area contributed by atoms with Crippen LogP contribution in [0, 0.1) is 12.7 Å². The lowest BCUT2D eigenvalue weighted by atomic mass is 9.84. The Bertz CT molecular complexity index is 1820. The fraction of sp³-hybridized carbons (Fsp3) is 0.371. The number of imidazole rings is 1. The highest BCUT2D eigenvalue weighted by atomic mass is 32.1. The van der Waals surface area contributed by atoms with E-state index in [2.05, 4.69) is 15.0 Å². The number of nitrogens with one attached hydrogen (secondary N) is 1. The number of aromatic nitrogens is 3. The smallest absolute Gasteiger partial charge is 0.185 e. The van der Waals surface area contributed by atoms with E-state index >= 15 is 0 Å². The second-order valence-corrected chi connectivity index (χ2v) is 12.7. The van der Waals surface area contributed by atoms with Crippen molar-refractivity contribution in [2.45, 2.75) is 87.0 Å². The normalized spacial score (nSPS) is 16.1. The molecule has 0 bridgehead atoms. The number of halogens is 1. The first-order chi connectivity index (χ1) is 20.8. The average Bonchev–Trinajstić information content (AvgIpc) is 3.63. The maximum absolute atomic E-state index is 13.7. The van der Waals surface area contributed by atoms with Crippen LogP contribution in [-0.2, 0) is 32.0 Å². The molecule has 1 aromatic carbocycles. The molecule has 230 valence electrons. The summed E-state index contributed by atoms with van der Waals surface area (Å²) in [4.78, 5) is 61.7. The van der Waals surface area contributed by atoms with E-state index in [0.29, 0.717) is 87.1 Å². The Labute approximate surface area is 261 Å². The molecular formula is C35H38FN3O4S. The zero-order valence-electron chi connectivity index (χ0n) is 26.4. The van der Waals surface area contributed by atoms with Gasteiger partial charge in [-0.2, -0.15) is 0 Å². The molecule has 2 aliphatic rings. The quantitative estimate of drug-likeness (QED) is 0.264. The van der Waals surface area contributed by atoms with Gasteiger partial charge in [0.25, 0.3) is 0 Å². The highest BCUT2D eigenvalue weighted by molar-refractivity contribution is 7.11. The third-order valence-electron chi connectivity index (χ3n) is 8.46. The van der Waals surface area contributed by atoms with Crippen LogP contribution in [0.2, 0.25) is 0 Å². The van der Waals surface area contributed by atoms with E-state index in [1.807, 2.05) is 13.1 Å². The second kappa shape index (κ2) is 13.7. The second-order valence-electron chi connectivity index (χ2n) is 11.4. The number of benzene rings is 1. The monoisotopic (exact) mass is 615 g/mol. The molecule has 1 N–H and O–H groups in total. The number of nitrogens with zero attached hydrogens (tertiary/aromatic N) is 2. The van der Waals surface area contributed by atoms with E-state index in [4.69, 9.17) is 0 Å². The van der Waals surface area contributed by atoms with Crippen LogP contribution in [0.5, 0.6) is 0 Å². The largest absolute Gasteiger partial charge is 0.342 e. The molecule has 5 rings (SSSR count). The zero-order chi connectivity index (χ0) is 32.3. The van der Waals surface area contributed by atoms with Gasteiger partial charge in [-0.25, -0.2) is 14.4 Å². The van der Waals surface area contributed by atoms with Gasteiger partial charge >= 0.3 is 0 Å². The first-order valence-corrected chi connectivity index (χ1v) is 15.6. The third-order valence-corrected chi connectivity index (χ3v) is 9.43. The number of para-hydroxylation sites is 1. The van der Waals surface area contributed by atoms with Gasteiger partial charge < -0.3 is 4.98 Å². The zero-order valence-corrected chi connectivity index (χ0v) is 27.2. The van der Waals surface area contributed by atoms with E-state index in [9.17, 15) is 23.6 Å². The summed E-state index contributed by atoms with van der Waals surface area (Å²) in [7, 11) is 0. The molecule has 2 aliphatic carbocycles.